The lowest BCUT2D eigenvalue weighted by molar-refractivity contribution is -0.115. The number of aromatic hydroxyl groups is 1. The van der Waals surface area contributed by atoms with Crippen LogP contribution in [0.15, 0.2) is 83.3 Å². The minimum Gasteiger partial charge on any atom is -0.506 e. The van der Waals surface area contributed by atoms with E-state index < -0.39 is 5.91 Å². The Morgan fingerprint density at radius 1 is 1.00 bits per heavy atom. The third kappa shape index (κ3) is 4.94. The molecular weight excluding hydrogens is 432 g/mol. The summed E-state index contributed by atoms with van der Waals surface area (Å²) in [7, 11) is 0. The normalized spacial score (nSPS) is 11.0. The number of thiocarbonyl (C=S) groups is 1. The van der Waals surface area contributed by atoms with Crippen molar-refractivity contribution in [3.8, 4) is 17.1 Å². The van der Waals surface area contributed by atoms with Crippen molar-refractivity contribution in [1.82, 2.24) is 5.32 Å². The molecular formula is C24H17ClN2O3S. The number of fused-ring (bicyclic) bond motifs is 1. The van der Waals surface area contributed by atoms with E-state index in [9.17, 15) is 9.90 Å². The summed E-state index contributed by atoms with van der Waals surface area (Å²) in [6.07, 6.45) is 2.87. The van der Waals surface area contributed by atoms with E-state index in [0.29, 0.717) is 22.2 Å². The molecule has 0 saturated heterocycles. The third-order valence-corrected chi connectivity index (χ3v) is 4.99. The van der Waals surface area contributed by atoms with E-state index in [2.05, 4.69) is 10.6 Å². The maximum Gasteiger partial charge on any atom is 0.250 e. The highest BCUT2D eigenvalue weighted by Gasteiger charge is 2.10. The molecule has 1 aromatic heterocycles. The average Bonchev–Trinajstić information content (AvgIpc) is 3.24. The zero-order valence-electron chi connectivity index (χ0n) is 16.1. The van der Waals surface area contributed by atoms with Gasteiger partial charge in [-0.1, -0.05) is 41.9 Å². The standard InChI is InChI=1S/C24H17ClN2O3S/c25-17-8-5-16(6-9-17)21-13-10-18(30-21)11-14-22(29)26-24(31)27-23-19-4-2-1-3-15(19)7-12-20(23)28/h1-14,28H,(H2,26,27,29,31). The van der Waals surface area contributed by atoms with Gasteiger partial charge in [0.05, 0.1) is 5.69 Å². The zero-order chi connectivity index (χ0) is 21.8. The lowest BCUT2D eigenvalue weighted by Crippen LogP contribution is -2.32. The molecule has 0 unspecified atom stereocenters. The molecule has 3 N–H and O–H groups in total. The van der Waals surface area contributed by atoms with Crippen molar-refractivity contribution in [2.45, 2.75) is 0 Å². The molecule has 0 saturated carbocycles. The van der Waals surface area contributed by atoms with Crippen LogP contribution in [0.4, 0.5) is 5.69 Å². The first-order chi connectivity index (χ1) is 15.0. The summed E-state index contributed by atoms with van der Waals surface area (Å²) in [5.74, 6) is 0.795. The predicted octanol–water partition coefficient (Wildman–Crippen LogP) is 5.99. The Kier molecular flexibility index (Phi) is 6.02. The number of nitrogens with one attached hydrogen (secondary N) is 2. The highest BCUT2D eigenvalue weighted by atomic mass is 35.5. The average molecular weight is 449 g/mol. The number of anilines is 1. The first-order valence-electron chi connectivity index (χ1n) is 9.36. The Labute approximate surface area is 189 Å². The smallest absolute Gasteiger partial charge is 0.250 e. The number of carbonyl (C=O) groups is 1. The molecule has 0 radical (unpaired) electrons. The number of benzene rings is 3. The van der Waals surface area contributed by atoms with E-state index in [1.807, 2.05) is 48.5 Å². The monoisotopic (exact) mass is 448 g/mol. The molecule has 154 valence electrons. The van der Waals surface area contributed by atoms with Gasteiger partial charge in [-0.2, -0.15) is 0 Å². The van der Waals surface area contributed by atoms with Gasteiger partial charge in [0.25, 0.3) is 0 Å². The molecule has 7 heteroatoms. The van der Waals surface area contributed by atoms with E-state index in [1.165, 1.54) is 6.08 Å². The number of furan rings is 1. The number of halogens is 1. The lowest BCUT2D eigenvalue weighted by atomic mass is 10.1. The largest absolute Gasteiger partial charge is 0.506 e. The first-order valence-corrected chi connectivity index (χ1v) is 10.1. The Balaban J connectivity index is 1.40. The molecule has 31 heavy (non-hydrogen) atoms. The Morgan fingerprint density at radius 3 is 2.58 bits per heavy atom. The van der Waals surface area contributed by atoms with E-state index in [1.54, 1.807) is 30.3 Å². The van der Waals surface area contributed by atoms with Crippen LogP contribution in [-0.4, -0.2) is 16.1 Å². The predicted molar refractivity (Wildman–Crippen MR) is 128 cm³/mol. The summed E-state index contributed by atoms with van der Waals surface area (Å²) in [5.41, 5.74) is 1.32. The van der Waals surface area contributed by atoms with Crippen LogP contribution in [0, 0.1) is 0 Å². The van der Waals surface area contributed by atoms with Gasteiger partial charge < -0.3 is 14.8 Å². The van der Waals surface area contributed by atoms with Crippen LogP contribution in [0.25, 0.3) is 28.2 Å². The number of phenolic OH excluding ortho intramolecular Hbond substituents is 1. The van der Waals surface area contributed by atoms with Crippen molar-refractivity contribution in [2.75, 3.05) is 5.32 Å². The summed E-state index contributed by atoms with van der Waals surface area (Å²) in [5, 5.41) is 18.1. The molecule has 1 heterocycles. The fourth-order valence-electron chi connectivity index (χ4n) is 3.06. The zero-order valence-corrected chi connectivity index (χ0v) is 17.7. The van der Waals surface area contributed by atoms with Gasteiger partial charge in [0.15, 0.2) is 5.11 Å². The number of amides is 1. The Hall–Kier alpha value is -3.61. The van der Waals surface area contributed by atoms with Crippen LogP contribution in [0.5, 0.6) is 5.75 Å². The fraction of sp³-hybridized carbons (Fsp3) is 0. The van der Waals surface area contributed by atoms with E-state index in [4.69, 9.17) is 28.2 Å². The number of carbonyl (C=O) groups excluding carboxylic acids is 1. The van der Waals surface area contributed by atoms with Crippen molar-refractivity contribution in [2.24, 2.45) is 0 Å². The molecule has 0 atom stereocenters. The van der Waals surface area contributed by atoms with Crippen molar-refractivity contribution in [3.63, 3.8) is 0 Å². The van der Waals surface area contributed by atoms with Crippen molar-refractivity contribution in [3.05, 3.63) is 89.7 Å². The molecule has 0 aliphatic heterocycles. The summed E-state index contributed by atoms with van der Waals surface area (Å²) in [6, 6.07) is 21.8. The molecule has 4 aromatic rings. The summed E-state index contributed by atoms with van der Waals surface area (Å²) in [4.78, 5) is 12.2. The SMILES string of the molecule is O=C(C=Cc1ccc(-c2ccc(Cl)cc2)o1)NC(=S)Nc1c(O)ccc2ccccc12. The first kappa shape index (κ1) is 20.7. The second-order valence-electron chi connectivity index (χ2n) is 6.67. The topological polar surface area (TPSA) is 74.5 Å². The van der Waals surface area contributed by atoms with Crippen molar-refractivity contribution < 1.29 is 14.3 Å². The summed E-state index contributed by atoms with van der Waals surface area (Å²) in [6.45, 7) is 0. The lowest BCUT2D eigenvalue weighted by Gasteiger charge is -2.12. The summed E-state index contributed by atoms with van der Waals surface area (Å²) < 4.78 is 5.73. The second kappa shape index (κ2) is 9.04. The minimum atomic E-state index is -0.429. The van der Waals surface area contributed by atoms with Crippen LogP contribution in [0.1, 0.15) is 5.76 Å². The quantitative estimate of drug-likeness (QED) is 0.203. The van der Waals surface area contributed by atoms with Gasteiger partial charge >= 0.3 is 0 Å². The molecule has 5 nitrogen and oxygen atoms in total. The summed E-state index contributed by atoms with van der Waals surface area (Å²) >= 11 is 11.1. The molecule has 0 aliphatic rings. The van der Waals surface area contributed by atoms with Crippen molar-refractivity contribution in [1.29, 1.82) is 0 Å². The van der Waals surface area contributed by atoms with Gasteiger partial charge in [-0.15, -0.1) is 0 Å². The van der Waals surface area contributed by atoms with Gasteiger partial charge in [-0.3, -0.25) is 10.1 Å². The molecule has 0 bridgehead atoms. The highest BCUT2D eigenvalue weighted by Crippen LogP contribution is 2.32. The van der Waals surface area contributed by atoms with Crippen LogP contribution in [0.2, 0.25) is 5.02 Å². The molecule has 0 aliphatic carbocycles. The maximum atomic E-state index is 12.2. The maximum absolute atomic E-state index is 12.2. The van der Waals surface area contributed by atoms with Gasteiger partial charge in [0, 0.05) is 22.0 Å². The van der Waals surface area contributed by atoms with Gasteiger partial charge in [-0.05, 0) is 66.1 Å². The fourth-order valence-corrected chi connectivity index (χ4v) is 3.39. The molecule has 1 amide bonds. The number of hydrogen-bond donors (Lipinski definition) is 3. The molecule has 3 aromatic carbocycles. The number of rotatable bonds is 4. The molecule has 4 rings (SSSR count). The van der Waals surface area contributed by atoms with Gasteiger partial charge in [0.1, 0.15) is 17.3 Å². The van der Waals surface area contributed by atoms with Gasteiger partial charge in [0.2, 0.25) is 5.91 Å². The number of hydrogen-bond acceptors (Lipinski definition) is 4. The number of phenols is 1. The van der Waals surface area contributed by atoms with E-state index in [0.717, 1.165) is 16.3 Å². The van der Waals surface area contributed by atoms with Crippen LogP contribution < -0.4 is 10.6 Å². The second-order valence-corrected chi connectivity index (χ2v) is 7.51. The van der Waals surface area contributed by atoms with Gasteiger partial charge in [-0.25, -0.2) is 0 Å². The Morgan fingerprint density at radius 2 is 1.77 bits per heavy atom. The minimum absolute atomic E-state index is 0.0381. The Bertz CT molecular complexity index is 1300. The van der Waals surface area contributed by atoms with Crippen LogP contribution >= 0.6 is 23.8 Å². The molecule has 0 fully saturated rings. The van der Waals surface area contributed by atoms with E-state index in [-0.39, 0.29) is 10.9 Å². The van der Waals surface area contributed by atoms with E-state index >= 15 is 0 Å². The van der Waals surface area contributed by atoms with Crippen LogP contribution in [0.3, 0.4) is 0 Å². The van der Waals surface area contributed by atoms with Crippen molar-refractivity contribution >= 4 is 57.4 Å². The highest BCUT2D eigenvalue weighted by molar-refractivity contribution is 7.80. The van der Waals surface area contributed by atoms with Crippen LogP contribution in [-0.2, 0) is 4.79 Å². The molecule has 0 spiro atoms. The third-order valence-electron chi connectivity index (χ3n) is 4.54.